The average molecular weight is 256 g/mol. The highest BCUT2D eigenvalue weighted by molar-refractivity contribution is 5.94. The molecule has 0 fully saturated rings. The first-order valence-electron chi connectivity index (χ1n) is 5.87. The quantitative estimate of drug-likeness (QED) is 0.810. The zero-order chi connectivity index (χ0) is 13.8. The van der Waals surface area contributed by atoms with Crippen molar-refractivity contribution in [3.8, 4) is 0 Å². The first-order valence-corrected chi connectivity index (χ1v) is 5.87. The molecule has 1 aromatic carbocycles. The Morgan fingerprint density at radius 2 is 1.95 bits per heavy atom. The van der Waals surface area contributed by atoms with Gasteiger partial charge in [0.2, 0.25) is 5.91 Å². The van der Waals surface area contributed by atoms with Gasteiger partial charge in [0.25, 0.3) is 0 Å². The van der Waals surface area contributed by atoms with Gasteiger partial charge in [-0.1, -0.05) is 0 Å². The zero-order valence-electron chi connectivity index (χ0n) is 10.7. The van der Waals surface area contributed by atoms with Crippen LogP contribution in [0.5, 0.6) is 0 Å². The molecule has 0 unspecified atom stereocenters. The number of amides is 1. The van der Waals surface area contributed by atoms with Gasteiger partial charge in [-0.15, -0.1) is 0 Å². The fourth-order valence-corrected chi connectivity index (χ4v) is 1.90. The molecule has 0 aliphatic carbocycles. The van der Waals surface area contributed by atoms with Crippen LogP contribution < -0.4 is 16.4 Å². The number of pyridine rings is 1. The minimum atomic E-state index is -0.477. The highest BCUT2D eigenvalue weighted by atomic mass is 16.1. The van der Waals surface area contributed by atoms with E-state index in [0.29, 0.717) is 17.8 Å². The summed E-state index contributed by atoms with van der Waals surface area (Å²) in [6.45, 7) is 0.711. The summed E-state index contributed by atoms with van der Waals surface area (Å²) in [5.74, 6) is -0.477. The van der Waals surface area contributed by atoms with Crippen molar-refractivity contribution in [2.75, 3.05) is 17.7 Å². The van der Waals surface area contributed by atoms with E-state index < -0.39 is 5.91 Å². The summed E-state index contributed by atoms with van der Waals surface area (Å²) in [4.78, 5) is 17.1. The molecule has 4 N–H and O–H groups in total. The molecule has 0 bridgehead atoms. The van der Waals surface area contributed by atoms with E-state index in [1.54, 1.807) is 30.6 Å². The highest BCUT2D eigenvalue weighted by Gasteiger charge is 2.09. The maximum Gasteiger partial charge on any atom is 0.248 e. The van der Waals surface area contributed by atoms with Crippen molar-refractivity contribution in [3.05, 3.63) is 53.9 Å². The molecule has 1 aromatic heterocycles. The van der Waals surface area contributed by atoms with Crippen LogP contribution in [0.25, 0.3) is 0 Å². The number of nitrogens with two attached hydrogens (primary N) is 2. The normalized spacial score (nSPS) is 10.2. The monoisotopic (exact) mass is 256 g/mol. The number of primary amides is 1. The minimum absolute atomic E-state index is 0.415. The average Bonchev–Trinajstić information content (AvgIpc) is 2.39. The Morgan fingerprint density at radius 1 is 1.26 bits per heavy atom. The van der Waals surface area contributed by atoms with Crippen molar-refractivity contribution in [2.24, 2.45) is 5.73 Å². The highest BCUT2D eigenvalue weighted by Crippen LogP contribution is 2.24. The van der Waals surface area contributed by atoms with E-state index in [1.807, 2.05) is 24.1 Å². The third-order valence-electron chi connectivity index (χ3n) is 2.89. The van der Waals surface area contributed by atoms with Crippen molar-refractivity contribution in [1.82, 2.24) is 4.98 Å². The van der Waals surface area contributed by atoms with Gasteiger partial charge in [0.15, 0.2) is 0 Å². The molecule has 1 amide bonds. The lowest BCUT2D eigenvalue weighted by Crippen LogP contribution is -2.19. The second kappa shape index (κ2) is 5.39. The molecule has 0 aliphatic rings. The summed E-state index contributed by atoms with van der Waals surface area (Å²) in [6.07, 6.45) is 3.51. The Morgan fingerprint density at radius 3 is 2.53 bits per heavy atom. The van der Waals surface area contributed by atoms with Gasteiger partial charge in [-0.2, -0.15) is 0 Å². The zero-order valence-corrected chi connectivity index (χ0v) is 10.7. The van der Waals surface area contributed by atoms with E-state index in [-0.39, 0.29) is 0 Å². The van der Waals surface area contributed by atoms with Crippen LogP contribution in [0.4, 0.5) is 11.4 Å². The lowest BCUT2D eigenvalue weighted by molar-refractivity contribution is 0.100. The molecule has 0 saturated heterocycles. The predicted octanol–water partition coefficient (Wildman–Crippen LogP) is 1.40. The van der Waals surface area contributed by atoms with Gasteiger partial charge in [0.1, 0.15) is 0 Å². The van der Waals surface area contributed by atoms with Crippen molar-refractivity contribution in [3.63, 3.8) is 0 Å². The van der Waals surface area contributed by atoms with Crippen LogP contribution in [0, 0.1) is 0 Å². The Hall–Kier alpha value is -2.56. The summed E-state index contributed by atoms with van der Waals surface area (Å²) in [5.41, 5.74) is 14.1. The van der Waals surface area contributed by atoms with Gasteiger partial charge in [-0.05, 0) is 35.9 Å². The molecule has 0 atom stereocenters. The van der Waals surface area contributed by atoms with Crippen LogP contribution in [0.1, 0.15) is 15.9 Å². The molecule has 98 valence electrons. The summed E-state index contributed by atoms with van der Waals surface area (Å²) >= 11 is 0. The SMILES string of the molecule is CN(Cc1ccncc1)c1ccc(C(N)=O)cc1N. The lowest BCUT2D eigenvalue weighted by atomic mass is 10.1. The minimum Gasteiger partial charge on any atom is -0.397 e. The number of aromatic nitrogens is 1. The lowest BCUT2D eigenvalue weighted by Gasteiger charge is -2.21. The largest absolute Gasteiger partial charge is 0.397 e. The van der Waals surface area contributed by atoms with Crippen LogP contribution >= 0.6 is 0 Å². The first kappa shape index (κ1) is 12.9. The number of anilines is 2. The second-order valence-electron chi connectivity index (χ2n) is 4.35. The standard InChI is InChI=1S/C14H16N4O/c1-18(9-10-4-6-17-7-5-10)13-3-2-11(14(16)19)8-12(13)15/h2-8H,9,15H2,1H3,(H2,16,19). The number of carbonyl (C=O) groups excluding carboxylic acids is 1. The smallest absolute Gasteiger partial charge is 0.248 e. The van der Waals surface area contributed by atoms with Gasteiger partial charge in [-0.3, -0.25) is 9.78 Å². The van der Waals surface area contributed by atoms with E-state index in [1.165, 1.54) is 0 Å². The third-order valence-corrected chi connectivity index (χ3v) is 2.89. The molecule has 19 heavy (non-hydrogen) atoms. The van der Waals surface area contributed by atoms with Crippen LogP contribution in [0.15, 0.2) is 42.7 Å². The summed E-state index contributed by atoms with van der Waals surface area (Å²) in [5, 5.41) is 0. The van der Waals surface area contributed by atoms with Crippen molar-refractivity contribution >= 4 is 17.3 Å². The van der Waals surface area contributed by atoms with Crippen LogP contribution in [-0.2, 0) is 6.54 Å². The number of nitrogens with zero attached hydrogens (tertiary/aromatic N) is 2. The third kappa shape index (κ3) is 3.01. The molecule has 0 saturated carbocycles. The summed E-state index contributed by atoms with van der Waals surface area (Å²) < 4.78 is 0. The van der Waals surface area contributed by atoms with Gasteiger partial charge >= 0.3 is 0 Å². The summed E-state index contributed by atoms with van der Waals surface area (Å²) in [7, 11) is 1.94. The second-order valence-corrected chi connectivity index (χ2v) is 4.35. The van der Waals surface area contributed by atoms with Crippen LogP contribution in [-0.4, -0.2) is 17.9 Å². The van der Waals surface area contributed by atoms with Gasteiger partial charge in [0, 0.05) is 31.5 Å². The molecule has 2 aromatic rings. The van der Waals surface area contributed by atoms with E-state index in [2.05, 4.69) is 4.98 Å². The van der Waals surface area contributed by atoms with Crippen LogP contribution in [0.2, 0.25) is 0 Å². The van der Waals surface area contributed by atoms with E-state index in [4.69, 9.17) is 11.5 Å². The predicted molar refractivity (Wildman–Crippen MR) is 75.7 cm³/mol. The number of carbonyl (C=O) groups is 1. The molecule has 0 spiro atoms. The Labute approximate surface area is 111 Å². The molecule has 5 nitrogen and oxygen atoms in total. The number of rotatable bonds is 4. The molecular weight excluding hydrogens is 240 g/mol. The van der Waals surface area contributed by atoms with Gasteiger partial charge < -0.3 is 16.4 Å². The fraction of sp³-hybridized carbons (Fsp3) is 0.143. The molecule has 0 radical (unpaired) electrons. The van der Waals surface area contributed by atoms with E-state index >= 15 is 0 Å². The fourth-order valence-electron chi connectivity index (χ4n) is 1.90. The van der Waals surface area contributed by atoms with Crippen LogP contribution in [0.3, 0.4) is 0 Å². The molecule has 5 heteroatoms. The topological polar surface area (TPSA) is 85.2 Å². The molecule has 0 aliphatic heterocycles. The maximum atomic E-state index is 11.1. The maximum absolute atomic E-state index is 11.1. The van der Waals surface area contributed by atoms with Crippen molar-refractivity contribution in [2.45, 2.75) is 6.54 Å². The molecule has 2 rings (SSSR count). The van der Waals surface area contributed by atoms with Crippen molar-refractivity contribution < 1.29 is 4.79 Å². The van der Waals surface area contributed by atoms with Crippen molar-refractivity contribution in [1.29, 1.82) is 0 Å². The Bertz CT molecular complexity index is 583. The molecule has 1 heterocycles. The Balaban J connectivity index is 2.20. The van der Waals surface area contributed by atoms with Gasteiger partial charge in [0.05, 0.1) is 11.4 Å². The number of hydrogen-bond donors (Lipinski definition) is 2. The molecular formula is C14H16N4O. The van der Waals surface area contributed by atoms with E-state index in [0.717, 1.165) is 11.3 Å². The summed E-state index contributed by atoms with van der Waals surface area (Å²) in [6, 6.07) is 8.98. The number of benzene rings is 1. The Kier molecular flexibility index (Phi) is 3.66. The number of hydrogen-bond acceptors (Lipinski definition) is 4. The van der Waals surface area contributed by atoms with Gasteiger partial charge in [-0.25, -0.2) is 0 Å². The van der Waals surface area contributed by atoms with E-state index in [9.17, 15) is 4.79 Å². The number of nitrogen functional groups attached to an aromatic ring is 1. The first-order chi connectivity index (χ1) is 9.08.